The lowest BCUT2D eigenvalue weighted by molar-refractivity contribution is -0.147. The van der Waals surface area contributed by atoms with Crippen LogP contribution in [0.1, 0.15) is 45.1 Å². The van der Waals surface area contributed by atoms with E-state index < -0.39 is 11.5 Å². The molecule has 4 nitrogen and oxygen atoms in total. The van der Waals surface area contributed by atoms with Gasteiger partial charge < -0.3 is 10.4 Å². The highest BCUT2D eigenvalue weighted by Gasteiger charge is 2.33. The third-order valence-electron chi connectivity index (χ3n) is 3.29. The van der Waals surface area contributed by atoms with E-state index in [0.29, 0.717) is 19.3 Å². The zero-order valence-electron chi connectivity index (χ0n) is 12.6. The van der Waals surface area contributed by atoms with Gasteiger partial charge in [-0.05, 0) is 25.3 Å². The number of hydrogen-bond acceptors (Lipinski definition) is 2. The molecule has 1 rings (SSSR count). The predicted octanol–water partition coefficient (Wildman–Crippen LogP) is 3.24. The summed E-state index contributed by atoms with van der Waals surface area (Å²) in [5.41, 5.74) is -0.0890. The number of nitrogens with one attached hydrogen (secondary N) is 1. The molecule has 1 atom stereocenters. The molecule has 0 heterocycles. The highest BCUT2D eigenvalue weighted by molar-refractivity contribution is 5.86. The van der Waals surface area contributed by atoms with Crippen molar-refractivity contribution in [1.82, 2.24) is 5.32 Å². The Bertz CT molecular complexity index is 496. The number of carbonyl (C=O) groups is 2. The van der Waals surface area contributed by atoms with Crippen molar-refractivity contribution in [2.45, 2.75) is 45.1 Å². The number of rotatable bonds is 8. The second kappa shape index (κ2) is 8.25. The first-order chi connectivity index (χ1) is 9.98. The normalized spacial score (nSPS) is 13.8. The van der Waals surface area contributed by atoms with E-state index in [2.05, 4.69) is 5.32 Å². The fourth-order valence-electron chi connectivity index (χ4n) is 2.09. The van der Waals surface area contributed by atoms with Crippen LogP contribution in [0.2, 0.25) is 0 Å². The second-order valence-corrected chi connectivity index (χ2v) is 5.29. The number of amides is 1. The van der Waals surface area contributed by atoms with Crippen molar-refractivity contribution in [1.29, 1.82) is 0 Å². The van der Waals surface area contributed by atoms with E-state index >= 15 is 0 Å². The van der Waals surface area contributed by atoms with E-state index in [1.807, 2.05) is 49.4 Å². The Morgan fingerprint density at radius 2 is 1.95 bits per heavy atom. The first-order valence-corrected chi connectivity index (χ1v) is 7.24. The Labute approximate surface area is 125 Å². The molecule has 1 amide bonds. The zero-order chi connectivity index (χ0) is 15.7. The van der Waals surface area contributed by atoms with Gasteiger partial charge in [-0.15, -0.1) is 0 Å². The molecule has 0 bridgehead atoms. The van der Waals surface area contributed by atoms with Gasteiger partial charge >= 0.3 is 5.97 Å². The van der Waals surface area contributed by atoms with Crippen LogP contribution in [0.5, 0.6) is 0 Å². The van der Waals surface area contributed by atoms with E-state index in [1.165, 1.54) is 0 Å². The molecule has 0 aromatic heterocycles. The monoisotopic (exact) mass is 289 g/mol. The van der Waals surface area contributed by atoms with E-state index in [9.17, 15) is 14.7 Å². The summed E-state index contributed by atoms with van der Waals surface area (Å²) in [6, 6.07) is 9.83. The van der Waals surface area contributed by atoms with Crippen LogP contribution in [0.4, 0.5) is 0 Å². The number of hydrogen-bond donors (Lipinski definition) is 2. The Hall–Kier alpha value is -2.10. The fourth-order valence-corrected chi connectivity index (χ4v) is 2.09. The van der Waals surface area contributed by atoms with Crippen molar-refractivity contribution in [3.8, 4) is 0 Å². The Morgan fingerprint density at radius 1 is 1.29 bits per heavy atom. The molecule has 114 valence electrons. The molecule has 0 radical (unpaired) electrons. The number of aliphatic carboxylic acids is 1. The van der Waals surface area contributed by atoms with E-state index in [4.69, 9.17) is 0 Å². The van der Waals surface area contributed by atoms with E-state index in [1.54, 1.807) is 6.92 Å². The number of benzene rings is 1. The molecule has 0 saturated heterocycles. The Morgan fingerprint density at radius 3 is 2.52 bits per heavy atom. The molecule has 2 N–H and O–H groups in total. The number of carboxylic acids is 1. The smallest absolute Gasteiger partial charge is 0.329 e. The van der Waals surface area contributed by atoms with Crippen LogP contribution in [-0.2, 0) is 9.59 Å². The minimum absolute atomic E-state index is 0.230. The van der Waals surface area contributed by atoms with Gasteiger partial charge in [0.25, 0.3) is 0 Å². The van der Waals surface area contributed by atoms with Crippen molar-refractivity contribution < 1.29 is 14.7 Å². The quantitative estimate of drug-likeness (QED) is 0.772. The van der Waals surface area contributed by atoms with Gasteiger partial charge in [0.2, 0.25) is 5.91 Å². The predicted molar refractivity (Wildman–Crippen MR) is 83.8 cm³/mol. The SMILES string of the molecule is CCCC(C)(NC(=O)CC/C=C/c1ccccc1)C(=O)O. The third-order valence-corrected chi connectivity index (χ3v) is 3.29. The van der Waals surface area contributed by atoms with Crippen molar-refractivity contribution in [3.63, 3.8) is 0 Å². The maximum Gasteiger partial charge on any atom is 0.329 e. The molecule has 0 aliphatic rings. The van der Waals surface area contributed by atoms with Crippen molar-refractivity contribution >= 4 is 18.0 Å². The van der Waals surface area contributed by atoms with Gasteiger partial charge in [0.05, 0.1) is 0 Å². The minimum atomic E-state index is -1.17. The standard InChI is InChI=1S/C17H23NO3/c1-3-13-17(2,16(20)21)18-15(19)12-8-7-11-14-9-5-4-6-10-14/h4-7,9-11H,3,8,12-13H2,1-2H3,(H,18,19)(H,20,21)/b11-7+. The van der Waals surface area contributed by atoms with Gasteiger partial charge in [-0.25, -0.2) is 4.79 Å². The molecule has 0 saturated carbocycles. The van der Waals surface area contributed by atoms with Crippen LogP contribution in [0.25, 0.3) is 6.08 Å². The van der Waals surface area contributed by atoms with E-state index in [-0.39, 0.29) is 12.3 Å². The molecular weight excluding hydrogens is 266 g/mol. The lowest BCUT2D eigenvalue weighted by Gasteiger charge is -2.25. The van der Waals surface area contributed by atoms with Gasteiger partial charge in [-0.1, -0.05) is 55.8 Å². The molecule has 0 fully saturated rings. The molecule has 21 heavy (non-hydrogen) atoms. The van der Waals surface area contributed by atoms with Crippen LogP contribution >= 0.6 is 0 Å². The molecular formula is C17H23NO3. The lowest BCUT2D eigenvalue weighted by atomic mass is 9.96. The first-order valence-electron chi connectivity index (χ1n) is 7.24. The topological polar surface area (TPSA) is 66.4 Å². The summed E-state index contributed by atoms with van der Waals surface area (Å²) >= 11 is 0. The van der Waals surface area contributed by atoms with Gasteiger partial charge in [-0.2, -0.15) is 0 Å². The maximum absolute atomic E-state index is 11.8. The second-order valence-electron chi connectivity index (χ2n) is 5.29. The lowest BCUT2D eigenvalue weighted by Crippen LogP contribution is -2.52. The van der Waals surface area contributed by atoms with Crippen LogP contribution in [0.15, 0.2) is 36.4 Å². The summed E-state index contributed by atoms with van der Waals surface area (Å²) in [5.74, 6) is -1.22. The molecule has 4 heteroatoms. The summed E-state index contributed by atoms with van der Waals surface area (Å²) in [6.45, 7) is 3.45. The van der Waals surface area contributed by atoms with Crippen LogP contribution in [-0.4, -0.2) is 22.5 Å². The van der Waals surface area contributed by atoms with Crippen LogP contribution in [0.3, 0.4) is 0 Å². The highest BCUT2D eigenvalue weighted by Crippen LogP contribution is 2.13. The Balaban J connectivity index is 2.43. The van der Waals surface area contributed by atoms with Crippen molar-refractivity contribution in [3.05, 3.63) is 42.0 Å². The maximum atomic E-state index is 11.8. The molecule has 0 aliphatic carbocycles. The highest BCUT2D eigenvalue weighted by atomic mass is 16.4. The van der Waals surface area contributed by atoms with Crippen molar-refractivity contribution in [2.75, 3.05) is 0 Å². The first kappa shape index (κ1) is 17.0. The van der Waals surface area contributed by atoms with Gasteiger partial charge in [0.1, 0.15) is 5.54 Å². The number of allylic oxidation sites excluding steroid dienone is 1. The summed E-state index contributed by atoms with van der Waals surface area (Å²) in [6.07, 6.45) is 5.88. The zero-order valence-corrected chi connectivity index (χ0v) is 12.6. The summed E-state index contributed by atoms with van der Waals surface area (Å²) in [5, 5.41) is 11.8. The summed E-state index contributed by atoms with van der Waals surface area (Å²) in [4.78, 5) is 23.1. The number of carboxylic acid groups (broad SMARTS) is 1. The summed E-state index contributed by atoms with van der Waals surface area (Å²) in [7, 11) is 0. The average Bonchev–Trinajstić information content (AvgIpc) is 2.45. The fraction of sp³-hybridized carbons (Fsp3) is 0.412. The molecule has 0 spiro atoms. The van der Waals surface area contributed by atoms with Gasteiger partial charge in [-0.3, -0.25) is 4.79 Å². The third kappa shape index (κ3) is 5.81. The number of carbonyl (C=O) groups excluding carboxylic acids is 1. The molecule has 1 aromatic carbocycles. The summed E-state index contributed by atoms with van der Waals surface area (Å²) < 4.78 is 0. The van der Waals surface area contributed by atoms with Gasteiger partial charge in [0.15, 0.2) is 0 Å². The molecule has 1 unspecified atom stereocenters. The van der Waals surface area contributed by atoms with Gasteiger partial charge in [0, 0.05) is 6.42 Å². The van der Waals surface area contributed by atoms with E-state index in [0.717, 1.165) is 5.56 Å². The average molecular weight is 289 g/mol. The largest absolute Gasteiger partial charge is 0.480 e. The Kier molecular flexibility index (Phi) is 6.66. The molecule has 1 aromatic rings. The van der Waals surface area contributed by atoms with Crippen LogP contribution in [0, 0.1) is 0 Å². The molecule has 0 aliphatic heterocycles. The minimum Gasteiger partial charge on any atom is -0.480 e. The van der Waals surface area contributed by atoms with Crippen LogP contribution < -0.4 is 5.32 Å². The van der Waals surface area contributed by atoms with Crippen molar-refractivity contribution in [2.24, 2.45) is 0 Å².